The van der Waals surface area contributed by atoms with E-state index in [4.69, 9.17) is 0 Å². The van der Waals surface area contributed by atoms with E-state index in [1.54, 1.807) is 35.2 Å². The van der Waals surface area contributed by atoms with Crippen molar-refractivity contribution < 1.29 is 19.8 Å². The van der Waals surface area contributed by atoms with Gasteiger partial charge in [-0.3, -0.25) is 10.2 Å². The summed E-state index contributed by atoms with van der Waals surface area (Å²) in [6.07, 6.45) is 0. The summed E-state index contributed by atoms with van der Waals surface area (Å²) in [5.41, 5.74) is 6.95. The Morgan fingerprint density at radius 3 is 2.37 bits per heavy atom. The summed E-state index contributed by atoms with van der Waals surface area (Å²) in [5, 5.41) is 24.5. The number of para-hydroxylation sites is 2. The van der Waals surface area contributed by atoms with Crippen LogP contribution in [0.1, 0.15) is 21.5 Å². The van der Waals surface area contributed by atoms with E-state index in [1.807, 2.05) is 54.6 Å². The van der Waals surface area contributed by atoms with E-state index in [9.17, 15) is 19.8 Å². The maximum atomic E-state index is 13.3. The number of hydrazone groups is 1. The Bertz CT molecular complexity index is 1460. The Morgan fingerprint density at radius 2 is 1.57 bits per heavy atom. The zero-order valence-electron chi connectivity index (χ0n) is 18.6. The van der Waals surface area contributed by atoms with Crippen molar-refractivity contribution in [3.63, 3.8) is 0 Å². The van der Waals surface area contributed by atoms with Crippen LogP contribution in [0.2, 0.25) is 0 Å². The number of aromatic hydroxyl groups is 1. The van der Waals surface area contributed by atoms with Crippen molar-refractivity contribution in [1.29, 1.82) is 0 Å². The van der Waals surface area contributed by atoms with Gasteiger partial charge in [0.25, 0.3) is 5.91 Å². The monoisotopic (exact) mass is 463 g/mol. The minimum atomic E-state index is -1.05. The molecule has 0 saturated carbocycles. The van der Waals surface area contributed by atoms with Gasteiger partial charge in [0.2, 0.25) is 0 Å². The van der Waals surface area contributed by atoms with Gasteiger partial charge in [0.05, 0.1) is 23.5 Å². The second-order valence-corrected chi connectivity index (χ2v) is 8.05. The SMILES string of the molecule is O=C(O)c1cccc(-c2cccc(NN=C3C(=O)N(Cc4ccccc4)c4ccccc43)c2O)c1. The highest BCUT2D eigenvalue weighted by molar-refractivity contribution is 6.54. The summed E-state index contributed by atoms with van der Waals surface area (Å²) in [5.74, 6) is -1.39. The minimum absolute atomic E-state index is 0.0979. The van der Waals surface area contributed by atoms with Gasteiger partial charge in [0, 0.05) is 11.1 Å². The Kier molecular flexibility index (Phi) is 5.73. The second-order valence-electron chi connectivity index (χ2n) is 8.05. The predicted molar refractivity (Wildman–Crippen MR) is 135 cm³/mol. The number of nitrogens with zero attached hydrogens (tertiary/aromatic N) is 2. The van der Waals surface area contributed by atoms with Crippen LogP contribution >= 0.6 is 0 Å². The summed E-state index contributed by atoms with van der Waals surface area (Å²) < 4.78 is 0. The number of amides is 1. The average molecular weight is 463 g/mol. The Balaban J connectivity index is 1.46. The lowest BCUT2D eigenvalue weighted by Crippen LogP contribution is -2.30. The van der Waals surface area contributed by atoms with E-state index in [-0.39, 0.29) is 22.9 Å². The van der Waals surface area contributed by atoms with Crippen LogP contribution in [0.3, 0.4) is 0 Å². The van der Waals surface area contributed by atoms with Gasteiger partial charge in [-0.2, -0.15) is 5.10 Å². The number of aromatic carboxylic acids is 1. The highest BCUT2D eigenvalue weighted by Crippen LogP contribution is 2.36. The Morgan fingerprint density at radius 1 is 0.857 bits per heavy atom. The van der Waals surface area contributed by atoms with Crippen molar-refractivity contribution in [2.45, 2.75) is 6.54 Å². The molecule has 1 heterocycles. The quantitative estimate of drug-likeness (QED) is 0.272. The van der Waals surface area contributed by atoms with Crippen LogP contribution in [0.4, 0.5) is 11.4 Å². The maximum Gasteiger partial charge on any atom is 0.335 e. The zero-order chi connectivity index (χ0) is 24.4. The van der Waals surface area contributed by atoms with Crippen LogP contribution in [-0.4, -0.2) is 27.8 Å². The first-order valence-electron chi connectivity index (χ1n) is 11.0. The normalized spacial score (nSPS) is 13.7. The van der Waals surface area contributed by atoms with Gasteiger partial charge in [0.1, 0.15) is 5.75 Å². The summed E-state index contributed by atoms with van der Waals surface area (Å²) in [7, 11) is 0. The smallest absolute Gasteiger partial charge is 0.335 e. The van der Waals surface area contributed by atoms with E-state index >= 15 is 0 Å². The number of nitrogens with one attached hydrogen (secondary N) is 1. The molecule has 4 aromatic carbocycles. The lowest BCUT2D eigenvalue weighted by atomic mass is 10.0. The number of benzene rings is 4. The average Bonchev–Trinajstić information content (AvgIpc) is 3.14. The zero-order valence-corrected chi connectivity index (χ0v) is 18.6. The van der Waals surface area contributed by atoms with Gasteiger partial charge in [-0.05, 0) is 35.4 Å². The van der Waals surface area contributed by atoms with Crippen LogP contribution < -0.4 is 10.3 Å². The van der Waals surface area contributed by atoms with Crippen molar-refractivity contribution >= 4 is 29.0 Å². The van der Waals surface area contributed by atoms with Gasteiger partial charge in [-0.1, -0.05) is 72.8 Å². The fraction of sp³-hybridized carbons (Fsp3) is 0.0357. The Hall–Kier alpha value is -4.91. The summed E-state index contributed by atoms with van der Waals surface area (Å²) in [6, 6.07) is 28.5. The first-order valence-corrected chi connectivity index (χ1v) is 11.0. The van der Waals surface area contributed by atoms with Crippen LogP contribution in [-0.2, 0) is 11.3 Å². The number of phenolic OH excluding ortho intramolecular Hbond substituents is 1. The summed E-state index contributed by atoms with van der Waals surface area (Å²) in [6.45, 7) is 0.413. The maximum absolute atomic E-state index is 13.3. The third-order valence-corrected chi connectivity index (χ3v) is 5.83. The van der Waals surface area contributed by atoms with Crippen molar-refractivity contribution in [2.24, 2.45) is 5.10 Å². The molecule has 3 N–H and O–H groups in total. The highest BCUT2D eigenvalue weighted by Gasteiger charge is 2.34. The van der Waals surface area contributed by atoms with Crippen LogP contribution in [0.5, 0.6) is 5.75 Å². The summed E-state index contributed by atoms with van der Waals surface area (Å²) >= 11 is 0. The summed E-state index contributed by atoms with van der Waals surface area (Å²) in [4.78, 5) is 26.3. The predicted octanol–water partition coefficient (Wildman–Crippen LogP) is 5.12. The van der Waals surface area contributed by atoms with Crippen molar-refractivity contribution in [2.75, 3.05) is 10.3 Å². The molecule has 35 heavy (non-hydrogen) atoms. The van der Waals surface area contributed by atoms with Crippen LogP contribution in [0.15, 0.2) is 102 Å². The standard InChI is InChI=1S/C28H21N3O4/c32-26-21(19-10-6-11-20(16-19)28(34)35)13-7-14-23(26)29-30-25-22-12-4-5-15-24(22)31(27(25)33)17-18-8-2-1-3-9-18/h1-16,29,32H,17H2,(H,34,35). The topological polar surface area (TPSA) is 102 Å². The van der Waals surface area contributed by atoms with E-state index in [0.29, 0.717) is 28.9 Å². The van der Waals surface area contributed by atoms with E-state index < -0.39 is 5.97 Å². The number of hydrogen-bond donors (Lipinski definition) is 3. The lowest BCUT2D eigenvalue weighted by Gasteiger charge is -2.16. The molecule has 0 unspecified atom stereocenters. The number of fused-ring (bicyclic) bond motifs is 1. The molecule has 7 heteroatoms. The fourth-order valence-corrected chi connectivity index (χ4v) is 4.10. The number of carboxylic acids is 1. The molecule has 1 amide bonds. The number of hydrogen-bond acceptors (Lipinski definition) is 5. The van der Waals surface area contributed by atoms with Crippen molar-refractivity contribution in [3.05, 3.63) is 114 Å². The largest absolute Gasteiger partial charge is 0.505 e. The van der Waals surface area contributed by atoms with Gasteiger partial charge in [-0.25, -0.2) is 4.79 Å². The molecule has 0 bridgehead atoms. The molecule has 0 aliphatic carbocycles. The number of phenols is 1. The molecule has 0 spiro atoms. The van der Waals surface area contributed by atoms with E-state index in [0.717, 1.165) is 11.3 Å². The number of carboxylic acid groups (broad SMARTS) is 1. The van der Waals surface area contributed by atoms with Crippen molar-refractivity contribution in [3.8, 4) is 16.9 Å². The molecular formula is C28H21N3O4. The van der Waals surface area contributed by atoms with Gasteiger partial charge < -0.3 is 15.1 Å². The first kappa shape index (κ1) is 21.9. The van der Waals surface area contributed by atoms with Crippen molar-refractivity contribution in [1.82, 2.24) is 0 Å². The molecule has 0 aromatic heterocycles. The van der Waals surface area contributed by atoms with Gasteiger partial charge in [-0.15, -0.1) is 0 Å². The number of carbonyl (C=O) groups excluding carboxylic acids is 1. The molecule has 4 aromatic rings. The van der Waals surface area contributed by atoms with Gasteiger partial charge in [0.15, 0.2) is 5.71 Å². The first-order chi connectivity index (χ1) is 17.0. The molecule has 1 aliphatic heterocycles. The highest BCUT2D eigenvalue weighted by atomic mass is 16.4. The molecule has 0 radical (unpaired) electrons. The number of carbonyl (C=O) groups is 2. The Labute approximate surface area is 201 Å². The molecule has 1 aliphatic rings. The third-order valence-electron chi connectivity index (χ3n) is 5.83. The molecule has 0 fully saturated rings. The molecular weight excluding hydrogens is 442 g/mol. The number of anilines is 2. The fourth-order valence-electron chi connectivity index (χ4n) is 4.10. The molecule has 0 saturated heterocycles. The molecule has 7 nitrogen and oxygen atoms in total. The molecule has 172 valence electrons. The van der Waals surface area contributed by atoms with E-state index in [1.165, 1.54) is 12.1 Å². The second kappa shape index (κ2) is 9.15. The van der Waals surface area contributed by atoms with Crippen LogP contribution in [0.25, 0.3) is 11.1 Å². The third kappa shape index (κ3) is 4.22. The molecule has 5 rings (SSSR count). The number of rotatable bonds is 6. The molecule has 0 atom stereocenters. The lowest BCUT2D eigenvalue weighted by molar-refractivity contribution is -0.112. The van der Waals surface area contributed by atoms with Crippen LogP contribution in [0, 0.1) is 0 Å². The minimum Gasteiger partial charge on any atom is -0.505 e. The van der Waals surface area contributed by atoms with E-state index in [2.05, 4.69) is 10.5 Å². The van der Waals surface area contributed by atoms with Gasteiger partial charge >= 0.3 is 5.97 Å².